The van der Waals surface area contributed by atoms with Gasteiger partial charge in [-0.05, 0) is 18.8 Å². The van der Waals surface area contributed by atoms with Crippen LogP contribution in [-0.2, 0) is 4.79 Å². The van der Waals surface area contributed by atoms with Gasteiger partial charge in [0.05, 0.1) is 10.7 Å². The van der Waals surface area contributed by atoms with Crippen molar-refractivity contribution in [2.45, 2.75) is 54.3 Å². The molecule has 0 aromatic heterocycles. The van der Waals surface area contributed by atoms with Gasteiger partial charge in [0.2, 0.25) is 0 Å². The summed E-state index contributed by atoms with van der Waals surface area (Å²) < 4.78 is 77.4. The van der Waals surface area contributed by atoms with Crippen LogP contribution in [-0.4, -0.2) is 38.0 Å². The molecule has 0 radical (unpaired) electrons. The van der Waals surface area contributed by atoms with Crippen molar-refractivity contribution in [1.29, 1.82) is 0 Å². The third-order valence-corrected chi connectivity index (χ3v) is 6.74. The van der Waals surface area contributed by atoms with E-state index in [1.165, 1.54) is 6.92 Å². The number of rotatable bonds is 1. The summed E-state index contributed by atoms with van der Waals surface area (Å²) in [7, 11) is 0. The molecule has 1 fully saturated rings. The lowest BCUT2D eigenvalue weighted by Gasteiger charge is -2.52. The highest BCUT2D eigenvalue weighted by molar-refractivity contribution is 9.12. The van der Waals surface area contributed by atoms with Crippen LogP contribution in [0.15, 0.2) is 0 Å². The Morgan fingerprint density at radius 2 is 1.45 bits per heavy atom. The SMILES string of the molecule is CC1(C)C[C@](C)(Br)[C@@H](Br)C(=O)[C@@H]1C(O)(C(F)(F)F)C(F)(F)F. The second-order valence-electron chi connectivity index (χ2n) is 6.40. The molecule has 0 aromatic rings. The number of carbonyl (C=O) groups excluding carboxylic acids is 1. The zero-order valence-electron chi connectivity index (χ0n) is 11.7. The first kappa shape index (κ1) is 20.2. The number of alkyl halides is 8. The van der Waals surface area contributed by atoms with E-state index in [9.17, 15) is 36.2 Å². The van der Waals surface area contributed by atoms with Crippen LogP contribution in [0.5, 0.6) is 0 Å². The highest BCUT2D eigenvalue weighted by Gasteiger charge is 2.78. The Morgan fingerprint density at radius 3 is 1.77 bits per heavy atom. The van der Waals surface area contributed by atoms with Crippen LogP contribution in [0.1, 0.15) is 27.2 Å². The molecule has 2 nitrogen and oxygen atoms in total. The molecule has 0 unspecified atom stereocenters. The summed E-state index contributed by atoms with van der Waals surface area (Å²) in [5.41, 5.74) is -6.84. The molecule has 1 aliphatic rings. The van der Waals surface area contributed by atoms with Crippen LogP contribution in [0.25, 0.3) is 0 Å². The first-order chi connectivity index (χ1) is 9.39. The minimum Gasteiger partial charge on any atom is -0.373 e. The highest BCUT2D eigenvalue weighted by Crippen LogP contribution is 2.59. The van der Waals surface area contributed by atoms with E-state index in [0.717, 1.165) is 13.8 Å². The molecule has 0 amide bonds. The lowest BCUT2D eigenvalue weighted by atomic mass is 9.58. The molecule has 10 heteroatoms. The van der Waals surface area contributed by atoms with E-state index in [2.05, 4.69) is 31.9 Å². The van der Waals surface area contributed by atoms with Crippen LogP contribution >= 0.6 is 31.9 Å². The maximum Gasteiger partial charge on any atom is 0.427 e. The summed E-state index contributed by atoms with van der Waals surface area (Å²) in [6.45, 7) is 3.70. The number of ketones is 1. The van der Waals surface area contributed by atoms with Crippen LogP contribution < -0.4 is 0 Å². The van der Waals surface area contributed by atoms with Gasteiger partial charge in [-0.3, -0.25) is 4.79 Å². The molecular weight excluding hydrogens is 450 g/mol. The number of aliphatic hydroxyl groups is 1. The molecule has 3 atom stereocenters. The highest BCUT2D eigenvalue weighted by atomic mass is 79.9. The van der Waals surface area contributed by atoms with E-state index in [0.29, 0.717) is 0 Å². The molecule has 22 heavy (non-hydrogen) atoms. The van der Waals surface area contributed by atoms with E-state index in [1.54, 1.807) is 0 Å². The third-order valence-electron chi connectivity index (χ3n) is 3.93. The molecule has 130 valence electrons. The van der Waals surface area contributed by atoms with Crippen molar-refractivity contribution in [1.82, 2.24) is 0 Å². The van der Waals surface area contributed by atoms with Gasteiger partial charge in [0, 0.05) is 4.32 Å². The van der Waals surface area contributed by atoms with E-state index in [-0.39, 0.29) is 6.42 Å². The average molecular weight is 464 g/mol. The number of halogens is 8. The Hall–Kier alpha value is 0.170. The van der Waals surface area contributed by atoms with E-state index >= 15 is 0 Å². The standard InChI is InChI=1S/C12H14Br2F6O2/c1-8(2)4-9(3,14)7(13)5(21)6(8)10(22,11(15,16)17)12(18,19)20/h6-7,22H,4H2,1-3H3/t6-,7-,9-/m0/s1. The fourth-order valence-electron chi connectivity index (χ4n) is 3.17. The average Bonchev–Trinajstić information content (AvgIpc) is 2.20. The molecule has 1 N–H and O–H groups in total. The first-order valence-corrected chi connectivity index (χ1v) is 7.83. The Kier molecular flexibility index (Phi) is 4.90. The molecule has 0 saturated heterocycles. The Morgan fingerprint density at radius 1 is 1.09 bits per heavy atom. The Balaban J connectivity index is 3.59. The van der Waals surface area contributed by atoms with E-state index in [4.69, 9.17) is 0 Å². The lowest BCUT2D eigenvalue weighted by Crippen LogP contribution is -2.70. The van der Waals surface area contributed by atoms with Gasteiger partial charge in [-0.2, -0.15) is 26.3 Å². The van der Waals surface area contributed by atoms with Crippen molar-refractivity contribution >= 4 is 37.6 Å². The summed E-state index contributed by atoms with van der Waals surface area (Å²) in [5, 5.41) is 9.60. The van der Waals surface area contributed by atoms with Gasteiger partial charge < -0.3 is 5.11 Å². The third kappa shape index (κ3) is 2.94. The summed E-state index contributed by atoms with van der Waals surface area (Å²) in [5.74, 6) is -4.01. The molecule has 1 saturated carbocycles. The molecule has 0 bridgehead atoms. The van der Waals surface area contributed by atoms with Crippen molar-refractivity contribution in [2.24, 2.45) is 11.3 Å². The summed E-state index contributed by atoms with van der Waals surface area (Å²) in [6.07, 6.45) is -12.2. The molecule has 0 spiro atoms. The summed E-state index contributed by atoms with van der Waals surface area (Å²) in [6, 6.07) is 0. The van der Waals surface area contributed by atoms with Crippen molar-refractivity contribution in [3.8, 4) is 0 Å². The minimum atomic E-state index is -6.03. The predicted molar refractivity (Wildman–Crippen MR) is 74.0 cm³/mol. The number of hydrogen-bond acceptors (Lipinski definition) is 2. The lowest BCUT2D eigenvalue weighted by molar-refractivity contribution is -0.389. The Bertz CT molecular complexity index is 455. The van der Waals surface area contributed by atoms with E-state index in [1.807, 2.05) is 0 Å². The van der Waals surface area contributed by atoms with Crippen LogP contribution in [0.3, 0.4) is 0 Å². The van der Waals surface area contributed by atoms with Crippen molar-refractivity contribution in [3.05, 3.63) is 0 Å². The van der Waals surface area contributed by atoms with Gasteiger partial charge in [-0.1, -0.05) is 45.7 Å². The van der Waals surface area contributed by atoms with Gasteiger partial charge in [0.25, 0.3) is 5.60 Å². The monoisotopic (exact) mass is 462 g/mol. The van der Waals surface area contributed by atoms with Gasteiger partial charge in [0.1, 0.15) is 0 Å². The molecular formula is C12H14Br2F6O2. The molecule has 0 aromatic carbocycles. The smallest absolute Gasteiger partial charge is 0.373 e. The van der Waals surface area contributed by atoms with Crippen LogP contribution in [0, 0.1) is 11.3 Å². The topological polar surface area (TPSA) is 37.3 Å². The summed E-state index contributed by atoms with van der Waals surface area (Å²) in [4.78, 5) is 11.0. The maximum atomic E-state index is 13.1. The normalized spacial score (nSPS) is 33.9. The van der Waals surface area contributed by atoms with Crippen LogP contribution in [0.2, 0.25) is 0 Å². The zero-order chi connectivity index (χ0) is 17.9. The number of carbonyl (C=O) groups is 1. The second kappa shape index (κ2) is 5.34. The number of hydrogen-bond donors (Lipinski definition) is 1. The van der Waals surface area contributed by atoms with Crippen LogP contribution in [0.4, 0.5) is 26.3 Å². The van der Waals surface area contributed by atoms with Gasteiger partial charge in [0.15, 0.2) is 5.78 Å². The number of Topliss-reactive ketones (excluding diaryl/α,β-unsaturated/α-hetero) is 1. The molecule has 0 heterocycles. The predicted octanol–water partition coefficient (Wildman–Crippen LogP) is 4.37. The molecule has 1 aliphatic carbocycles. The quantitative estimate of drug-likeness (QED) is 0.463. The molecule has 1 rings (SSSR count). The largest absolute Gasteiger partial charge is 0.427 e. The summed E-state index contributed by atoms with van der Waals surface area (Å²) >= 11 is 6.01. The fraction of sp³-hybridized carbons (Fsp3) is 0.917. The van der Waals surface area contributed by atoms with Gasteiger partial charge in [-0.15, -0.1) is 0 Å². The van der Waals surface area contributed by atoms with E-state index < -0.39 is 44.2 Å². The molecule has 0 aliphatic heterocycles. The maximum absolute atomic E-state index is 13.1. The first-order valence-electron chi connectivity index (χ1n) is 6.12. The van der Waals surface area contributed by atoms with Gasteiger partial charge in [-0.25, -0.2) is 0 Å². The minimum absolute atomic E-state index is 0.180. The Labute approximate surface area is 139 Å². The van der Waals surface area contributed by atoms with Crippen molar-refractivity contribution in [3.63, 3.8) is 0 Å². The second-order valence-corrected chi connectivity index (χ2v) is 9.13. The fourth-order valence-corrected chi connectivity index (χ4v) is 4.54. The van der Waals surface area contributed by atoms with Crippen molar-refractivity contribution < 1.29 is 36.2 Å². The zero-order valence-corrected chi connectivity index (χ0v) is 14.9. The van der Waals surface area contributed by atoms with Gasteiger partial charge >= 0.3 is 12.4 Å². The van der Waals surface area contributed by atoms with Crippen molar-refractivity contribution in [2.75, 3.05) is 0 Å².